The molecule has 0 fully saturated rings. The van der Waals surface area contributed by atoms with Crippen molar-refractivity contribution in [2.45, 2.75) is 13.5 Å². The quantitative estimate of drug-likeness (QED) is 0.765. The second-order valence-electron chi connectivity index (χ2n) is 3.59. The summed E-state index contributed by atoms with van der Waals surface area (Å²) in [6.07, 6.45) is 1.60. The van der Waals surface area contributed by atoms with Crippen molar-refractivity contribution in [2.75, 3.05) is 19.0 Å². The van der Waals surface area contributed by atoms with E-state index in [1.165, 1.54) is 11.3 Å². The van der Waals surface area contributed by atoms with E-state index < -0.39 is 0 Å². The summed E-state index contributed by atoms with van der Waals surface area (Å²) in [4.78, 5) is 13.2. The lowest BCUT2D eigenvalue weighted by Crippen LogP contribution is -2.08. The predicted octanol–water partition coefficient (Wildman–Crippen LogP) is 3.44. The van der Waals surface area contributed by atoms with Crippen LogP contribution in [0.15, 0.2) is 6.20 Å². The van der Waals surface area contributed by atoms with E-state index in [1.54, 1.807) is 13.3 Å². The Morgan fingerprint density at radius 2 is 2.26 bits per heavy atom. The second kappa shape index (κ2) is 6.78. The fourth-order valence-electron chi connectivity index (χ4n) is 1.46. The molecular formula is C11H12ClIN4OS. The van der Waals surface area contributed by atoms with E-state index in [0.717, 1.165) is 21.6 Å². The van der Waals surface area contributed by atoms with Gasteiger partial charge in [0.05, 0.1) is 22.1 Å². The molecule has 0 aromatic carbocycles. The highest BCUT2D eigenvalue weighted by atomic mass is 127. The van der Waals surface area contributed by atoms with Crippen molar-refractivity contribution in [1.82, 2.24) is 15.0 Å². The van der Waals surface area contributed by atoms with Gasteiger partial charge in [0.25, 0.3) is 0 Å². The Labute approximate surface area is 133 Å². The van der Waals surface area contributed by atoms with Crippen molar-refractivity contribution < 1.29 is 4.74 Å². The van der Waals surface area contributed by atoms with E-state index >= 15 is 0 Å². The van der Waals surface area contributed by atoms with Crippen LogP contribution in [-0.4, -0.2) is 28.6 Å². The molecule has 2 aromatic rings. The molecule has 5 nitrogen and oxygen atoms in total. The first kappa shape index (κ1) is 14.9. The van der Waals surface area contributed by atoms with Crippen LogP contribution in [0.2, 0.25) is 4.34 Å². The molecule has 1 N–H and O–H groups in total. The summed E-state index contributed by atoms with van der Waals surface area (Å²) >= 11 is 9.48. The number of thiazole rings is 1. The third-order valence-corrected chi connectivity index (χ3v) is 4.46. The number of hydrogen-bond donors (Lipinski definition) is 1. The Kier molecular flexibility index (Phi) is 5.31. The van der Waals surface area contributed by atoms with E-state index in [-0.39, 0.29) is 0 Å². The first-order valence-corrected chi connectivity index (χ1v) is 7.84. The van der Waals surface area contributed by atoms with Gasteiger partial charge in [-0.3, -0.25) is 0 Å². The number of anilines is 1. The Morgan fingerprint density at radius 1 is 1.47 bits per heavy atom. The highest BCUT2D eigenvalue weighted by Gasteiger charge is 2.15. The Morgan fingerprint density at radius 3 is 2.84 bits per heavy atom. The average molecular weight is 411 g/mol. The molecule has 0 saturated carbocycles. The highest BCUT2D eigenvalue weighted by Crippen LogP contribution is 2.29. The molecule has 8 heteroatoms. The minimum Gasteiger partial charge on any atom is -0.378 e. The van der Waals surface area contributed by atoms with Crippen LogP contribution in [0.3, 0.4) is 0 Å². The van der Waals surface area contributed by atoms with Gasteiger partial charge in [-0.1, -0.05) is 22.9 Å². The van der Waals surface area contributed by atoms with Gasteiger partial charge >= 0.3 is 0 Å². The van der Waals surface area contributed by atoms with E-state index in [9.17, 15) is 0 Å². The SMILES string of the molecule is CCNc1nc(-c2ncc(Cl)s2)nc(COC)c1I. The predicted molar refractivity (Wildman–Crippen MR) is 85.7 cm³/mol. The molecule has 19 heavy (non-hydrogen) atoms. The van der Waals surface area contributed by atoms with Gasteiger partial charge in [0.15, 0.2) is 10.8 Å². The fourth-order valence-corrected chi connectivity index (χ4v) is 2.90. The summed E-state index contributed by atoms with van der Waals surface area (Å²) < 4.78 is 6.76. The molecule has 0 aliphatic rings. The van der Waals surface area contributed by atoms with Gasteiger partial charge in [-0.2, -0.15) is 0 Å². The zero-order valence-corrected chi connectivity index (χ0v) is 14.1. The lowest BCUT2D eigenvalue weighted by molar-refractivity contribution is 0.181. The number of aromatic nitrogens is 3. The zero-order valence-electron chi connectivity index (χ0n) is 10.4. The molecule has 0 atom stereocenters. The molecule has 0 bridgehead atoms. The van der Waals surface area contributed by atoms with E-state index in [1.807, 2.05) is 6.92 Å². The van der Waals surface area contributed by atoms with Gasteiger partial charge in [0, 0.05) is 13.7 Å². The normalized spacial score (nSPS) is 10.7. The summed E-state index contributed by atoms with van der Waals surface area (Å²) in [6.45, 7) is 3.25. The van der Waals surface area contributed by atoms with Crippen LogP contribution in [0, 0.1) is 3.57 Å². The number of nitrogens with zero attached hydrogens (tertiary/aromatic N) is 3. The molecule has 2 rings (SSSR count). The van der Waals surface area contributed by atoms with Crippen LogP contribution in [0.1, 0.15) is 12.6 Å². The maximum absolute atomic E-state index is 5.90. The molecule has 0 unspecified atom stereocenters. The molecule has 2 aromatic heterocycles. The standard InChI is InChI=1S/C11H12ClIN4OS/c1-3-14-9-8(13)6(5-18-2)16-10(17-9)11-15-4-7(12)19-11/h4H,3,5H2,1-2H3,(H,14,16,17). The highest BCUT2D eigenvalue weighted by molar-refractivity contribution is 14.1. The number of rotatable bonds is 5. The first-order valence-electron chi connectivity index (χ1n) is 5.56. The summed E-state index contributed by atoms with van der Waals surface area (Å²) in [6, 6.07) is 0. The largest absolute Gasteiger partial charge is 0.378 e. The van der Waals surface area contributed by atoms with Crippen molar-refractivity contribution in [1.29, 1.82) is 0 Å². The number of ether oxygens (including phenoxy) is 1. The minimum atomic E-state index is 0.436. The summed E-state index contributed by atoms with van der Waals surface area (Å²) in [5.74, 6) is 1.37. The van der Waals surface area contributed by atoms with Crippen molar-refractivity contribution in [3.63, 3.8) is 0 Å². The van der Waals surface area contributed by atoms with Crippen LogP contribution in [0.5, 0.6) is 0 Å². The maximum Gasteiger partial charge on any atom is 0.191 e. The Bertz CT molecular complexity index is 551. The molecule has 0 amide bonds. The molecular weight excluding hydrogens is 399 g/mol. The van der Waals surface area contributed by atoms with Crippen molar-refractivity contribution >= 4 is 51.3 Å². The minimum absolute atomic E-state index is 0.436. The first-order chi connectivity index (χ1) is 9.15. The van der Waals surface area contributed by atoms with E-state index in [4.69, 9.17) is 16.3 Å². The molecule has 102 valence electrons. The molecule has 2 heterocycles. The smallest absolute Gasteiger partial charge is 0.191 e. The Balaban J connectivity index is 2.48. The topological polar surface area (TPSA) is 59.9 Å². The van der Waals surface area contributed by atoms with Crippen LogP contribution < -0.4 is 5.32 Å². The third-order valence-electron chi connectivity index (χ3n) is 2.21. The molecule has 0 aliphatic heterocycles. The third kappa shape index (κ3) is 3.53. The van der Waals surface area contributed by atoms with Crippen molar-refractivity contribution in [3.8, 4) is 10.8 Å². The zero-order chi connectivity index (χ0) is 13.8. The Hall–Kier alpha value is -0.510. The van der Waals surface area contributed by atoms with Gasteiger partial charge in [0.1, 0.15) is 10.2 Å². The monoisotopic (exact) mass is 410 g/mol. The van der Waals surface area contributed by atoms with Crippen LogP contribution in [-0.2, 0) is 11.3 Å². The average Bonchev–Trinajstić information content (AvgIpc) is 2.81. The van der Waals surface area contributed by atoms with Gasteiger partial charge in [0.2, 0.25) is 0 Å². The number of nitrogens with one attached hydrogen (secondary N) is 1. The summed E-state index contributed by atoms with van der Waals surface area (Å²) in [7, 11) is 1.64. The van der Waals surface area contributed by atoms with Crippen molar-refractivity contribution in [2.24, 2.45) is 0 Å². The number of methoxy groups -OCH3 is 1. The maximum atomic E-state index is 5.90. The van der Waals surface area contributed by atoms with Crippen LogP contribution in [0.25, 0.3) is 10.8 Å². The molecule has 0 aliphatic carbocycles. The van der Waals surface area contributed by atoms with Crippen LogP contribution >= 0.6 is 45.5 Å². The molecule has 0 radical (unpaired) electrons. The number of hydrogen-bond acceptors (Lipinski definition) is 6. The van der Waals surface area contributed by atoms with Crippen molar-refractivity contribution in [3.05, 3.63) is 19.8 Å². The van der Waals surface area contributed by atoms with Gasteiger partial charge in [-0.25, -0.2) is 15.0 Å². The molecule has 0 spiro atoms. The fraction of sp³-hybridized carbons (Fsp3) is 0.364. The van der Waals surface area contributed by atoms with Gasteiger partial charge in [-0.15, -0.1) is 0 Å². The van der Waals surface area contributed by atoms with E-state index in [0.29, 0.717) is 21.8 Å². The number of halogens is 2. The van der Waals surface area contributed by atoms with Gasteiger partial charge < -0.3 is 10.1 Å². The lowest BCUT2D eigenvalue weighted by atomic mass is 10.4. The van der Waals surface area contributed by atoms with Gasteiger partial charge in [-0.05, 0) is 29.5 Å². The van der Waals surface area contributed by atoms with Crippen LogP contribution in [0.4, 0.5) is 5.82 Å². The lowest BCUT2D eigenvalue weighted by Gasteiger charge is -2.10. The van der Waals surface area contributed by atoms with E-state index in [2.05, 4.69) is 42.9 Å². The second-order valence-corrected chi connectivity index (χ2v) is 6.33. The summed E-state index contributed by atoms with van der Waals surface area (Å²) in [5, 5.41) is 3.93. The summed E-state index contributed by atoms with van der Waals surface area (Å²) in [5.41, 5.74) is 0.843. The molecule has 0 saturated heterocycles.